The summed E-state index contributed by atoms with van der Waals surface area (Å²) < 4.78 is 43.9. The highest BCUT2D eigenvalue weighted by atomic mass is 79.9. The van der Waals surface area contributed by atoms with Crippen molar-refractivity contribution in [3.05, 3.63) is 46.2 Å². The average Bonchev–Trinajstić information content (AvgIpc) is 2.92. The third-order valence-electron chi connectivity index (χ3n) is 3.33. The summed E-state index contributed by atoms with van der Waals surface area (Å²) in [6, 6.07) is 5.68. The molecule has 0 aliphatic carbocycles. The molecule has 1 aromatic heterocycles. The number of carbonyl (C=O) groups is 1. The summed E-state index contributed by atoms with van der Waals surface area (Å²) in [7, 11) is 1.60. The van der Waals surface area contributed by atoms with Crippen molar-refractivity contribution in [3.8, 4) is 5.75 Å². The Morgan fingerprint density at radius 1 is 1.40 bits per heavy atom. The van der Waals surface area contributed by atoms with Crippen LogP contribution in [0.3, 0.4) is 0 Å². The van der Waals surface area contributed by atoms with Crippen LogP contribution in [-0.2, 0) is 13.1 Å². The van der Waals surface area contributed by atoms with Gasteiger partial charge in [0.25, 0.3) is 5.91 Å². The summed E-state index contributed by atoms with van der Waals surface area (Å²) in [6.07, 6.45) is -2.61. The Hall–Kier alpha value is -2.03. The molecule has 2 rings (SSSR count). The van der Waals surface area contributed by atoms with Gasteiger partial charge in [-0.1, -0.05) is 6.07 Å². The van der Waals surface area contributed by atoms with E-state index in [0.29, 0.717) is 12.2 Å². The molecule has 1 heterocycles. The van der Waals surface area contributed by atoms with Gasteiger partial charge in [0.15, 0.2) is 6.61 Å². The Morgan fingerprint density at radius 3 is 2.72 bits per heavy atom. The maximum Gasteiger partial charge on any atom is 0.422 e. The molecule has 0 aliphatic heterocycles. The maximum atomic E-state index is 12.5. The zero-order valence-corrected chi connectivity index (χ0v) is 15.3. The second kappa shape index (κ2) is 7.90. The molecule has 9 heteroatoms. The zero-order valence-electron chi connectivity index (χ0n) is 13.7. The predicted molar refractivity (Wildman–Crippen MR) is 89.4 cm³/mol. The predicted octanol–water partition coefficient (Wildman–Crippen LogP) is 3.88. The highest BCUT2D eigenvalue weighted by molar-refractivity contribution is 9.10. The number of ether oxygens (including phenoxy) is 1. The lowest BCUT2D eigenvalue weighted by molar-refractivity contribution is -0.153. The van der Waals surface area contributed by atoms with Crippen LogP contribution in [0, 0.1) is 0 Å². The van der Waals surface area contributed by atoms with Crippen LogP contribution in [0.25, 0.3) is 0 Å². The smallest absolute Gasteiger partial charge is 0.422 e. The minimum Gasteiger partial charge on any atom is -0.484 e. The molecule has 0 radical (unpaired) electrons. The number of hydrogen-bond donors (Lipinski definition) is 0. The van der Waals surface area contributed by atoms with Gasteiger partial charge >= 0.3 is 6.18 Å². The number of alkyl halides is 3. The molecule has 5 nitrogen and oxygen atoms in total. The number of benzene rings is 1. The van der Waals surface area contributed by atoms with Gasteiger partial charge in [-0.05, 0) is 41.1 Å². The molecule has 0 atom stereocenters. The van der Waals surface area contributed by atoms with E-state index in [2.05, 4.69) is 25.8 Å². The highest BCUT2D eigenvalue weighted by Crippen LogP contribution is 2.21. The van der Waals surface area contributed by atoms with Crippen LogP contribution in [0.4, 0.5) is 13.2 Å². The summed E-state index contributed by atoms with van der Waals surface area (Å²) in [5.74, 6) is -0.344. The quantitative estimate of drug-likeness (QED) is 0.713. The number of carbonyl (C=O) groups excluding carboxylic acids is 1. The van der Waals surface area contributed by atoms with Crippen molar-refractivity contribution in [2.45, 2.75) is 26.2 Å². The van der Waals surface area contributed by atoms with E-state index in [9.17, 15) is 18.0 Å². The highest BCUT2D eigenvalue weighted by Gasteiger charge is 2.28. The second-order valence-electron chi connectivity index (χ2n) is 5.37. The molecule has 25 heavy (non-hydrogen) atoms. The maximum absolute atomic E-state index is 12.5. The first-order valence-electron chi connectivity index (χ1n) is 7.46. The number of hydrogen-bond acceptors (Lipinski definition) is 3. The zero-order chi connectivity index (χ0) is 18.6. The normalized spacial score (nSPS) is 11.4. The third-order valence-corrected chi connectivity index (χ3v) is 3.99. The fraction of sp³-hybridized carbons (Fsp3) is 0.375. The first kappa shape index (κ1) is 19.3. The Balaban J connectivity index is 2.07. The number of nitrogens with zero attached hydrogens (tertiary/aromatic N) is 3. The minimum absolute atomic E-state index is 0.00647. The molecule has 2 aromatic rings. The van der Waals surface area contributed by atoms with Crippen molar-refractivity contribution < 1.29 is 22.7 Å². The summed E-state index contributed by atoms with van der Waals surface area (Å²) in [5, 5.41) is 4.34. The van der Waals surface area contributed by atoms with Crippen molar-refractivity contribution in [3.63, 3.8) is 0 Å². The molecule has 0 unspecified atom stereocenters. The van der Waals surface area contributed by atoms with E-state index in [-0.39, 0.29) is 23.8 Å². The molecule has 1 aromatic carbocycles. The molecule has 0 saturated carbocycles. The Labute approximate surface area is 151 Å². The van der Waals surface area contributed by atoms with Crippen molar-refractivity contribution in [1.82, 2.24) is 14.7 Å². The lowest BCUT2D eigenvalue weighted by atomic mass is 10.2. The number of amides is 1. The van der Waals surface area contributed by atoms with Gasteiger partial charge in [0.2, 0.25) is 0 Å². The van der Waals surface area contributed by atoms with E-state index in [0.717, 1.165) is 4.47 Å². The largest absolute Gasteiger partial charge is 0.484 e. The number of halogens is 4. The Bertz CT molecular complexity index is 746. The monoisotopic (exact) mass is 419 g/mol. The van der Waals surface area contributed by atoms with Gasteiger partial charge in [-0.15, -0.1) is 0 Å². The standard InChI is InChI=1S/C16H17BrF3N3O2/c1-3-23-8-13(17)14(21-23)9-22(2)15(24)11-5-4-6-12(7-11)25-10-16(18,19)20/h4-8H,3,9-10H2,1-2H3. The first-order chi connectivity index (χ1) is 11.7. The summed E-state index contributed by atoms with van der Waals surface area (Å²) in [6.45, 7) is 1.52. The van der Waals surface area contributed by atoms with Crippen molar-refractivity contribution in [2.24, 2.45) is 0 Å². The third kappa shape index (κ3) is 5.48. The number of aromatic nitrogens is 2. The molecular weight excluding hydrogens is 403 g/mol. The van der Waals surface area contributed by atoms with E-state index in [1.807, 2.05) is 13.1 Å². The molecule has 0 saturated heterocycles. The number of aryl methyl sites for hydroxylation is 1. The fourth-order valence-corrected chi connectivity index (χ4v) is 2.55. The lowest BCUT2D eigenvalue weighted by Crippen LogP contribution is -2.26. The Morgan fingerprint density at radius 2 is 2.12 bits per heavy atom. The van der Waals surface area contributed by atoms with Gasteiger partial charge in [-0.25, -0.2) is 0 Å². The Kier molecular flexibility index (Phi) is 6.10. The van der Waals surface area contributed by atoms with Crippen LogP contribution < -0.4 is 4.74 Å². The first-order valence-corrected chi connectivity index (χ1v) is 8.26. The summed E-state index contributed by atoms with van der Waals surface area (Å²) >= 11 is 3.39. The van der Waals surface area contributed by atoms with E-state index in [1.165, 1.54) is 29.2 Å². The van der Waals surface area contributed by atoms with E-state index in [4.69, 9.17) is 0 Å². The van der Waals surface area contributed by atoms with Crippen LogP contribution >= 0.6 is 15.9 Å². The summed E-state index contributed by atoms with van der Waals surface area (Å²) in [5.41, 5.74) is 0.940. The van der Waals surface area contributed by atoms with Crippen LogP contribution in [0.2, 0.25) is 0 Å². The van der Waals surface area contributed by atoms with Crippen molar-refractivity contribution in [2.75, 3.05) is 13.7 Å². The summed E-state index contributed by atoms with van der Waals surface area (Å²) in [4.78, 5) is 13.9. The van der Waals surface area contributed by atoms with E-state index in [1.54, 1.807) is 11.7 Å². The van der Waals surface area contributed by atoms with Gasteiger partial charge in [0, 0.05) is 25.4 Å². The van der Waals surface area contributed by atoms with Crippen molar-refractivity contribution >= 4 is 21.8 Å². The van der Waals surface area contributed by atoms with Gasteiger partial charge in [-0.2, -0.15) is 18.3 Å². The van der Waals surface area contributed by atoms with E-state index < -0.39 is 12.8 Å². The fourth-order valence-electron chi connectivity index (χ4n) is 2.11. The second-order valence-corrected chi connectivity index (χ2v) is 6.23. The van der Waals surface area contributed by atoms with Crippen LogP contribution in [0.15, 0.2) is 34.9 Å². The molecule has 136 valence electrons. The van der Waals surface area contributed by atoms with Gasteiger partial charge < -0.3 is 9.64 Å². The van der Waals surface area contributed by atoms with Crippen LogP contribution in [-0.4, -0.2) is 40.4 Å². The topological polar surface area (TPSA) is 47.4 Å². The molecule has 0 bridgehead atoms. The molecular formula is C16H17BrF3N3O2. The average molecular weight is 420 g/mol. The molecule has 0 N–H and O–H groups in total. The number of rotatable bonds is 6. The lowest BCUT2D eigenvalue weighted by Gasteiger charge is -2.17. The van der Waals surface area contributed by atoms with Crippen LogP contribution in [0.1, 0.15) is 23.0 Å². The molecule has 0 fully saturated rings. The molecule has 0 aliphatic rings. The molecule has 0 spiro atoms. The van der Waals surface area contributed by atoms with Gasteiger partial charge in [0.05, 0.1) is 16.7 Å². The van der Waals surface area contributed by atoms with Crippen LogP contribution in [0.5, 0.6) is 5.75 Å². The van der Waals surface area contributed by atoms with Crippen molar-refractivity contribution in [1.29, 1.82) is 0 Å². The SMILES string of the molecule is CCn1cc(Br)c(CN(C)C(=O)c2cccc(OCC(F)(F)F)c2)n1. The van der Waals surface area contributed by atoms with E-state index >= 15 is 0 Å². The molecule has 1 amide bonds. The van der Waals surface area contributed by atoms with Gasteiger partial charge in [0.1, 0.15) is 5.75 Å². The van der Waals surface area contributed by atoms with Gasteiger partial charge in [-0.3, -0.25) is 9.48 Å². The minimum atomic E-state index is -4.43.